The normalized spacial score (nSPS) is 14.7. The number of benzene rings is 2. The molecule has 1 amide bonds. The van der Waals surface area contributed by atoms with E-state index in [4.69, 9.17) is 14.5 Å². The van der Waals surface area contributed by atoms with Crippen molar-refractivity contribution in [2.24, 2.45) is 0 Å². The summed E-state index contributed by atoms with van der Waals surface area (Å²) >= 11 is 0. The van der Waals surface area contributed by atoms with Crippen molar-refractivity contribution in [3.63, 3.8) is 0 Å². The number of ether oxygens (including phenoxy) is 2. The first kappa shape index (κ1) is 25.3. The summed E-state index contributed by atoms with van der Waals surface area (Å²) in [7, 11) is 2.97. The van der Waals surface area contributed by atoms with E-state index in [-0.39, 0.29) is 0 Å². The Balaban J connectivity index is 1.49. The number of nitrogens with zero attached hydrogens (tertiary/aromatic N) is 3. The van der Waals surface area contributed by atoms with Crippen molar-refractivity contribution in [1.29, 1.82) is 0 Å². The molecular formula is C29H30N4O5. The van der Waals surface area contributed by atoms with Gasteiger partial charge in [-0.3, -0.25) is 9.78 Å². The maximum Gasteiger partial charge on any atom is 0.330 e. The Hall–Kier alpha value is -4.40. The highest BCUT2D eigenvalue weighted by atomic mass is 16.5. The van der Waals surface area contributed by atoms with E-state index in [2.05, 4.69) is 14.9 Å². The summed E-state index contributed by atoms with van der Waals surface area (Å²) in [6, 6.07) is 14.9. The number of carbonyl (C=O) groups is 2. The zero-order chi connectivity index (χ0) is 26.6. The van der Waals surface area contributed by atoms with Gasteiger partial charge in [0, 0.05) is 17.8 Å². The molecule has 0 bridgehead atoms. The van der Waals surface area contributed by atoms with E-state index in [9.17, 15) is 14.7 Å². The molecule has 9 nitrogen and oxygen atoms in total. The maximum absolute atomic E-state index is 13.2. The van der Waals surface area contributed by atoms with Crippen molar-refractivity contribution < 1.29 is 24.2 Å². The number of aliphatic carboxylic acids is 1. The van der Waals surface area contributed by atoms with Crippen molar-refractivity contribution in [1.82, 2.24) is 19.9 Å². The van der Waals surface area contributed by atoms with Gasteiger partial charge in [0.2, 0.25) is 0 Å². The molecule has 1 atom stereocenters. The lowest BCUT2D eigenvalue weighted by Gasteiger charge is -2.25. The van der Waals surface area contributed by atoms with Crippen molar-refractivity contribution in [2.75, 3.05) is 14.2 Å². The molecule has 2 aromatic heterocycles. The van der Waals surface area contributed by atoms with E-state index < -0.39 is 17.9 Å². The second kappa shape index (κ2) is 10.9. The van der Waals surface area contributed by atoms with E-state index in [1.54, 1.807) is 36.5 Å². The maximum atomic E-state index is 13.2. The first-order valence-corrected chi connectivity index (χ1v) is 12.7. The smallest absolute Gasteiger partial charge is 0.330 e. The molecule has 9 heteroatoms. The summed E-state index contributed by atoms with van der Waals surface area (Å²) < 4.78 is 12.8. The minimum Gasteiger partial charge on any atom is -0.493 e. The van der Waals surface area contributed by atoms with Crippen LogP contribution in [0.2, 0.25) is 0 Å². The first-order chi connectivity index (χ1) is 18.5. The SMILES string of the molecule is COc1ccc([C@H](NC(=O)c2ccc3c(c2)nc(-c2ccccn2)n3C2CCCCC2)C(=O)O)cc1OC. The fraction of sp³-hybridized carbons (Fsp3) is 0.310. The number of carbonyl (C=O) groups excluding carboxylic acids is 1. The Labute approximate surface area is 220 Å². The number of hydrogen-bond acceptors (Lipinski definition) is 6. The van der Waals surface area contributed by atoms with Crippen LogP contribution in [0.15, 0.2) is 60.8 Å². The third-order valence-corrected chi connectivity index (χ3v) is 7.05. The number of imidazole rings is 1. The average Bonchev–Trinajstić information content (AvgIpc) is 3.35. The second-order valence-electron chi connectivity index (χ2n) is 9.37. The number of aromatic nitrogens is 3. The Morgan fingerprint density at radius 1 is 1.00 bits per heavy atom. The molecule has 0 spiro atoms. The molecule has 1 aliphatic rings. The van der Waals surface area contributed by atoms with Gasteiger partial charge in [0.1, 0.15) is 5.69 Å². The number of nitrogens with one attached hydrogen (secondary N) is 1. The van der Waals surface area contributed by atoms with Crippen LogP contribution in [0.25, 0.3) is 22.6 Å². The summed E-state index contributed by atoms with van der Waals surface area (Å²) in [6.07, 6.45) is 7.45. The lowest BCUT2D eigenvalue weighted by molar-refractivity contribution is -0.139. The van der Waals surface area contributed by atoms with Crippen LogP contribution in [0.3, 0.4) is 0 Å². The minimum atomic E-state index is -1.28. The van der Waals surface area contributed by atoms with Crippen LogP contribution in [0.1, 0.15) is 60.1 Å². The molecule has 5 rings (SSSR count). The van der Waals surface area contributed by atoms with E-state index >= 15 is 0 Å². The number of fused-ring (bicyclic) bond motifs is 1. The highest BCUT2D eigenvalue weighted by molar-refractivity contribution is 5.99. The zero-order valence-corrected chi connectivity index (χ0v) is 21.4. The third-order valence-electron chi connectivity index (χ3n) is 7.05. The number of methoxy groups -OCH3 is 2. The fourth-order valence-corrected chi connectivity index (χ4v) is 5.16. The van der Waals surface area contributed by atoms with Gasteiger partial charge in [0.05, 0.1) is 25.3 Å². The largest absolute Gasteiger partial charge is 0.493 e. The molecule has 38 heavy (non-hydrogen) atoms. The average molecular weight is 515 g/mol. The quantitative estimate of drug-likeness (QED) is 0.333. The summed E-state index contributed by atoms with van der Waals surface area (Å²) in [5, 5.41) is 12.5. The van der Waals surface area contributed by atoms with Gasteiger partial charge in [-0.1, -0.05) is 31.4 Å². The predicted molar refractivity (Wildman–Crippen MR) is 142 cm³/mol. The molecule has 1 aliphatic carbocycles. The van der Waals surface area contributed by atoms with Crippen molar-refractivity contribution in [3.05, 3.63) is 71.9 Å². The Morgan fingerprint density at radius 2 is 1.79 bits per heavy atom. The lowest BCUT2D eigenvalue weighted by atomic mass is 9.95. The topological polar surface area (TPSA) is 116 Å². The first-order valence-electron chi connectivity index (χ1n) is 12.7. The van der Waals surface area contributed by atoms with E-state index in [1.807, 2.05) is 24.3 Å². The third kappa shape index (κ3) is 4.91. The molecule has 1 fully saturated rings. The molecule has 1 saturated carbocycles. The van der Waals surface area contributed by atoms with Gasteiger partial charge < -0.3 is 24.5 Å². The number of pyridine rings is 1. The molecule has 4 aromatic rings. The van der Waals surface area contributed by atoms with Crippen LogP contribution < -0.4 is 14.8 Å². The van der Waals surface area contributed by atoms with Crippen LogP contribution in [-0.2, 0) is 4.79 Å². The van der Waals surface area contributed by atoms with Gasteiger partial charge in [-0.25, -0.2) is 9.78 Å². The molecule has 196 valence electrons. The highest BCUT2D eigenvalue weighted by Crippen LogP contribution is 2.36. The van der Waals surface area contributed by atoms with Crippen molar-refractivity contribution in [2.45, 2.75) is 44.2 Å². The highest BCUT2D eigenvalue weighted by Gasteiger charge is 2.26. The summed E-state index contributed by atoms with van der Waals surface area (Å²) in [4.78, 5) is 34.8. The second-order valence-corrected chi connectivity index (χ2v) is 9.37. The van der Waals surface area contributed by atoms with Gasteiger partial charge in [-0.2, -0.15) is 0 Å². The van der Waals surface area contributed by atoms with E-state index in [0.29, 0.717) is 34.2 Å². The molecule has 0 radical (unpaired) electrons. The standard InChI is InChI=1S/C29H30N4O5/c1-37-24-14-12-18(17-25(24)38-2)26(29(35)36)32-28(34)19-11-13-23-22(16-19)31-27(21-10-6-7-15-30-21)33(23)20-8-4-3-5-9-20/h6-7,10-17,20,26H,3-5,8-9H2,1-2H3,(H,32,34)(H,35,36)/t26-/m0/s1. The van der Waals surface area contributed by atoms with Crippen LogP contribution in [0.4, 0.5) is 0 Å². The van der Waals surface area contributed by atoms with E-state index in [1.165, 1.54) is 33.5 Å². The van der Waals surface area contributed by atoms with Gasteiger partial charge in [-0.15, -0.1) is 0 Å². The molecule has 0 aliphatic heterocycles. The molecule has 2 N–H and O–H groups in total. The minimum absolute atomic E-state index is 0.312. The monoisotopic (exact) mass is 514 g/mol. The van der Waals surface area contributed by atoms with Crippen LogP contribution in [-0.4, -0.2) is 45.7 Å². The van der Waals surface area contributed by atoms with Crippen LogP contribution in [0.5, 0.6) is 11.5 Å². The molecular weight excluding hydrogens is 484 g/mol. The zero-order valence-electron chi connectivity index (χ0n) is 21.4. The molecule has 0 saturated heterocycles. The van der Waals surface area contributed by atoms with E-state index in [0.717, 1.165) is 29.9 Å². The fourth-order valence-electron chi connectivity index (χ4n) is 5.16. The number of carboxylic acid groups (broad SMARTS) is 1. The number of carboxylic acids is 1. The summed E-state index contributed by atoms with van der Waals surface area (Å²) in [5.74, 6) is -0.0817. The summed E-state index contributed by atoms with van der Waals surface area (Å²) in [6.45, 7) is 0. The van der Waals surface area contributed by atoms with Crippen molar-refractivity contribution in [3.8, 4) is 23.0 Å². The van der Waals surface area contributed by atoms with Gasteiger partial charge in [-0.05, 0) is 60.9 Å². The van der Waals surface area contributed by atoms with Crippen LogP contribution in [0, 0.1) is 0 Å². The Bertz CT molecular complexity index is 1460. The molecule has 2 heterocycles. The van der Waals surface area contributed by atoms with Gasteiger partial charge >= 0.3 is 5.97 Å². The number of amides is 1. The van der Waals surface area contributed by atoms with Gasteiger partial charge in [0.15, 0.2) is 23.4 Å². The number of rotatable bonds is 8. The molecule has 0 unspecified atom stereocenters. The summed E-state index contributed by atoms with van der Waals surface area (Å²) in [5.41, 5.74) is 3.07. The molecule has 2 aromatic carbocycles. The van der Waals surface area contributed by atoms with Crippen molar-refractivity contribution >= 4 is 22.9 Å². The van der Waals surface area contributed by atoms with Crippen LogP contribution >= 0.6 is 0 Å². The number of hydrogen-bond donors (Lipinski definition) is 2. The Morgan fingerprint density at radius 3 is 2.47 bits per heavy atom. The lowest BCUT2D eigenvalue weighted by Crippen LogP contribution is -2.33. The van der Waals surface area contributed by atoms with Gasteiger partial charge in [0.25, 0.3) is 5.91 Å². The predicted octanol–water partition coefficient (Wildman–Crippen LogP) is 5.18. The Kier molecular flexibility index (Phi) is 7.26.